The number of rotatable bonds is 2. The number of carbonyl (C=O) groups excluding carboxylic acids is 1. The fraction of sp³-hybridized carbons (Fsp3) is 0.316. The predicted molar refractivity (Wildman–Crippen MR) is 97.1 cm³/mol. The highest BCUT2D eigenvalue weighted by atomic mass is 79.9. The van der Waals surface area contributed by atoms with Crippen LogP contribution in [-0.2, 0) is 11.3 Å². The van der Waals surface area contributed by atoms with E-state index in [1.807, 2.05) is 24.3 Å². The van der Waals surface area contributed by atoms with Crippen molar-refractivity contribution in [3.05, 3.63) is 58.6 Å². The van der Waals surface area contributed by atoms with Gasteiger partial charge in [-0.25, -0.2) is 0 Å². The van der Waals surface area contributed by atoms with Gasteiger partial charge >= 0.3 is 0 Å². The normalized spacial score (nSPS) is 19.5. The molecule has 2 aromatic rings. The second-order valence-electron chi connectivity index (χ2n) is 6.45. The summed E-state index contributed by atoms with van der Waals surface area (Å²) in [5.41, 5.74) is 1.32. The van der Waals surface area contributed by atoms with Crippen LogP contribution in [0.4, 0.5) is 5.69 Å². The summed E-state index contributed by atoms with van der Waals surface area (Å²) in [6, 6.07) is 16.2. The van der Waals surface area contributed by atoms with Gasteiger partial charge in [-0.2, -0.15) is 0 Å². The molecule has 1 N–H and O–H groups in total. The number of carbonyl (C=O) groups is 1. The summed E-state index contributed by atoms with van der Waals surface area (Å²) in [5.74, 6) is 0.738. The minimum Gasteiger partial charge on any atom is -0.475 e. The third kappa shape index (κ3) is 2.94. The van der Waals surface area contributed by atoms with Crippen molar-refractivity contribution in [2.75, 3.05) is 18.4 Å². The molecule has 0 atom stereocenters. The van der Waals surface area contributed by atoms with E-state index in [-0.39, 0.29) is 5.91 Å². The van der Waals surface area contributed by atoms with Gasteiger partial charge in [0.15, 0.2) is 5.60 Å². The summed E-state index contributed by atoms with van der Waals surface area (Å²) in [7, 11) is 0. The second-order valence-corrected chi connectivity index (χ2v) is 7.37. The molecule has 1 fully saturated rings. The van der Waals surface area contributed by atoms with Crippen molar-refractivity contribution < 1.29 is 9.53 Å². The smallest absolute Gasteiger partial charge is 0.268 e. The van der Waals surface area contributed by atoms with E-state index in [0.29, 0.717) is 12.8 Å². The zero-order chi connectivity index (χ0) is 16.6. The highest BCUT2D eigenvalue weighted by Gasteiger charge is 2.46. The van der Waals surface area contributed by atoms with Gasteiger partial charge in [-0.15, -0.1) is 0 Å². The van der Waals surface area contributed by atoms with Gasteiger partial charge in [-0.3, -0.25) is 9.69 Å². The number of likely N-dealkylation sites (tertiary alicyclic amines) is 1. The Morgan fingerprint density at radius 1 is 1.12 bits per heavy atom. The van der Waals surface area contributed by atoms with Crippen molar-refractivity contribution >= 4 is 27.5 Å². The molecule has 0 saturated carbocycles. The summed E-state index contributed by atoms with van der Waals surface area (Å²) < 4.78 is 7.10. The minimum absolute atomic E-state index is 0.0209. The monoisotopic (exact) mass is 386 g/mol. The van der Waals surface area contributed by atoms with E-state index < -0.39 is 5.60 Å². The molecule has 0 unspecified atom stereocenters. The van der Waals surface area contributed by atoms with Crippen molar-refractivity contribution in [2.45, 2.75) is 25.0 Å². The van der Waals surface area contributed by atoms with E-state index >= 15 is 0 Å². The van der Waals surface area contributed by atoms with Gasteiger partial charge < -0.3 is 10.1 Å². The molecule has 0 aromatic heterocycles. The second kappa shape index (κ2) is 6.22. The number of ether oxygens (including phenoxy) is 1. The number of nitrogens with one attached hydrogen (secondary N) is 1. The number of hydrogen-bond donors (Lipinski definition) is 1. The van der Waals surface area contributed by atoms with Crippen LogP contribution in [0.3, 0.4) is 0 Å². The van der Waals surface area contributed by atoms with Crippen molar-refractivity contribution in [1.82, 2.24) is 4.90 Å². The van der Waals surface area contributed by atoms with Crippen LogP contribution in [0.1, 0.15) is 18.4 Å². The Morgan fingerprint density at radius 2 is 1.88 bits per heavy atom. The van der Waals surface area contributed by atoms with E-state index in [1.54, 1.807) is 0 Å². The highest BCUT2D eigenvalue weighted by molar-refractivity contribution is 9.10. The Bertz CT molecular complexity index is 755. The van der Waals surface area contributed by atoms with Gasteiger partial charge in [0, 0.05) is 36.9 Å². The molecule has 0 bridgehead atoms. The number of amides is 1. The molecule has 1 spiro atoms. The molecule has 2 heterocycles. The SMILES string of the molecule is O=C1Nc2cc(Br)ccc2OC12CCN(Cc1ccccc1)CC2. The highest BCUT2D eigenvalue weighted by Crippen LogP contribution is 2.39. The molecule has 0 aliphatic carbocycles. The number of benzene rings is 2. The zero-order valence-corrected chi connectivity index (χ0v) is 14.9. The van der Waals surface area contributed by atoms with Crippen LogP contribution in [0.25, 0.3) is 0 Å². The first kappa shape index (κ1) is 15.7. The van der Waals surface area contributed by atoms with Gasteiger partial charge in [0.2, 0.25) is 0 Å². The molecular weight excluding hydrogens is 368 g/mol. The quantitative estimate of drug-likeness (QED) is 0.852. The molecule has 2 aliphatic rings. The Kier molecular flexibility index (Phi) is 4.06. The lowest BCUT2D eigenvalue weighted by atomic mass is 9.88. The van der Waals surface area contributed by atoms with Crippen molar-refractivity contribution in [3.8, 4) is 5.75 Å². The van der Waals surface area contributed by atoms with E-state index in [0.717, 1.165) is 35.5 Å². The van der Waals surface area contributed by atoms with Crippen molar-refractivity contribution in [3.63, 3.8) is 0 Å². The molecule has 0 radical (unpaired) electrons. The maximum Gasteiger partial charge on any atom is 0.268 e. The third-order valence-corrected chi connectivity index (χ3v) is 5.31. The van der Waals surface area contributed by atoms with E-state index in [2.05, 4.69) is 50.4 Å². The summed E-state index contributed by atoms with van der Waals surface area (Å²) >= 11 is 3.42. The van der Waals surface area contributed by atoms with Crippen LogP contribution >= 0.6 is 15.9 Å². The van der Waals surface area contributed by atoms with Crippen LogP contribution in [0.15, 0.2) is 53.0 Å². The lowest BCUT2D eigenvalue weighted by Gasteiger charge is -2.43. The molecular formula is C19H19BrN2O2. The first-order valence-electron chi connectivity index (χ1n) is 8.21. The number of nitrogens with zero attached hydrogens (tertiary/aromatic N) is 1. The average molecular weight is 387 g/mol. The molecule has 124 valence electrons. The minimum atomic E-state index is -0.728. The maximum absolute atomic E-state index is 12.6. The molecule has 2 aromatic carbocycles. The number of piperidine rings is 1. The Balaban J connectivity index is 1.46. The van der Waals surface area contributed by atoms with E-state index in [4.69, 9.17) is 4.74 Å². The first-order chi connectivity index (χ1) is 11.6. The average Bonchev–Trinajstić information content (AvgIpc) is 2.59. The van der Waals surface area contributed by atoms with E-state index in [1.165, 1.54) is 5.56 Å². The molecule has 4 rings (SSSR count). The standard InChI is InChI=1S/C19H19BrN2O2/c20-15-6-7-17-16(12-15)21-18(23)19(24-17)8-10-22(11-9-19)13-14-4-2-1-3-5-14/h1-7,12H,8-11,13H2,(H,21,23). The third-order valence-electron chi connectivity index (χ3n) is 4.82. The first-order valence-corrected chi connectivity index (χ1v) is 9.00. The maximum atomic E-state index is 12.6. The fourth-order valence-electron chi connectivity index (χ4n) is 3.43. The summed E-state index contributed by atoms with van der Waals surface area (Å²) in [4.78, 5) is 15.0. The number of hydrogen-bond acceptors (Lipinski definition) is 3. The number of halogens is 1. The van der Waals surface area contributed by atoms with Gasteiger partial charge in [-0.1, -0.05) is 46.3 Å². The van der Waals surface area contributed by atoms with Gasteiger partial charge in [0.1, 0.15) is 5.75 Å². The van der Waals surface area contributed by atoms with Crippen LogP contribution in [0.5, 0.6) is 5.75 Å². The molecule has 1 amide bonds. The fourth-order valence-corrected chi connectivity index (χ4v) is 3.79. The molecule has 24 heavy (non-hydrogen) atoms. The van der Waals surface area contributed by atoms with Crippen LogP contribution in [0.2, 0.25) is 0 Å². The molecule has 5 heteroatoms. The van der Waals surface area contributed by atoms with Crippen LogP contribution in [-0.4, -0.2) is 29.5 Å². The number of fused-ring (bicyclic) bond motifs is 1. The molecule has 1 saturated heterocycles. The molecule has 2 aliphatic heterocycles. The van der Waals surface area contributed by atoms with Gasteiger partial charge in [-0.05, 0) is 23.8 Å². The van der Waals surface area contributed by atoms with Crippen LogP contribution < -0.4 is 10.1 Å². The summed E-state index contributed by atoms with van der Waals surface area (Å²) in [6.07, 6.45) is 1.42. The van der Waals surface area contributed by atoms with Gasteiger partial charge in [0.05, 0.1) is 5.69 Å². The van der Waals surface area contributed by atoms with Crippen molar-refractivity contribution in [2.24, 2.45) is 0 Å². The van der Waals surface area contributed by atoms with E-state index in [9.17, 15) is 4.79 Å². The largest absolute Gasteiger partial charge is 0.475 e. The Labute approximate surface area is 149 Å². The predicted octanol–water partition coefficient (Wildman–Crippen LogP) is 3.81. The van der Waals surface area contributed by atoms with Crippen molar-refractivity contribution in [1.29, 1.82) is 0 Å². The lowest BCUT2D eigenvalue weighted by Crippen LogP contribution is -2.56. The summed E-state index contributed by atoms with van der Waals surface area (Å²) in [6.45, 7) is 2.63. The number of anilines is 1. The Morgan fingerprint density at radius 3 is 2.62 bits per heavy atom. The topological polar surface area (TPSA) is 41.6 Å². The molecule has 4 nitrogen and oxygen atoms in total. The van der Waals surface area contributed by atoms with Gasteiger partial charge in [0.25, 0.3) is 5.91 Å². The zero-order valence-electron chi connectivity index (χ0n) is 13.3. The van der Waals surface area contributed by atoms with Crippen LogP contribution in [0, 0.1) is 0 Å². The summed E-state index contributed by atoms with van der Waals surface area (Å²) in [5, 5.41) is 3.01. The Hall–Kier alpha value is -1.85. The lowest BCUT2D eigenvalue weighted by molar-refractivity contribution is -0.136.